The summed E-state index contributed by atoms with van der Waals surface area (Å²) in [5, 5.41) is 0. The second kappa shape index (κ2) is 7.58. The van der Waals surface area contributed by atoms with E-state index in [9.17, 15) is 4.79 Å². The van der Waals surface area contributed by atoms with Gasteiger partial charge >= 0.3 is 5.97 Å². The maximum absolute atomic E-state index is 11.1. The number of hydrogen-bond donors (Lipinski definition) is 0. The van der Waals surface area contributed by atoms with Gasteiger partial charge in [-0.25, -0.2) is 0 Å². The van der Waals surface area contributed by atoms with Crippen LogP contribution in [0.4, 0.5) is 0 Å². The number of carbonyl (C=O) groups excluding carboxylic acids is 1. The first-order valence-electron chi connectivity index (χ1n) is 5.20. The number of rotatable bonds is 6. The van der Waals surface area contributed by atoms with Crippen molar-refractivity contribution >= 4 is 29.3 Å². The summed E-state index contributed by atoms with van der Waals surface area (Å²) >= 11 is 7.46. The zero-order valence-electron chi connectivity index (χ0n) is 9.24. The average molecular weight is 259 g/mol. The predicted octanol–water partition coefficient (Wildman–Crippen LogP) is 3.47. The fourth-order valence-corrected chi connectivity index (χ4v) is 2.53. The highest BCUT2D eigenvalue weighted by Crippen LogP contribution is 2.24. The maximum atomic E-state index is 11.1. The van der Waals surface area contributed by atoms with Gasteiger partial charge in [-0.1, -0.05) is 18.2 Å². The van der Waals surface area contributed by atoms with Gasteiger partial charge in [-0.05, 0) is 18.6 Å². The number of esters is 1. The minimum absolute atomic E-state index is 0.140. The summed E-state index contributed by atoms with van der Waals surface area (Å²) in [4.78, 5) is 12.3. The van der Waals surface area contributed by atoms with Gasteiger partial charge in [0, 0.05) is 16.5 Å². The average Bonchev–Trinajstić information content (AvgIpc) is 2.30. The van der Waals surface area contributed by atoms with Crippen LogP contribution in [0.3, 0.4) is 0 Å². The highest BCUT2D eigenvalue weighted by atomic mass is 35.5. The molecule has 0 saturated carbocycles. The van der Waals surface area contributed by atoms with Gasteiger partial charge in [0.1, 0.15) is 0 Å². The van der Waals surface area contributed by atoms with Crippen molar-refractivity contribution in [3.63, 3.8) is 0 Å². The second-order valence-electron chi connectivity index (χ2n) is 3.14. The van der Waals surface area contributed by atoms with Gasteiger partial charge in [-0.3, -0.25) is 4.79 Å². The summed E-state index contributed by atoms with van der Waals surface area (Å²) in [6, 6.07) is 7.96. The predicted molar refractivity (Wildman–Crippen MR) is 68.0 cm³/mol. The molecule has 4 heteroatoms. The summed E-state index contributed by atoms with van der Waals surface area (Å²) in [6.45, 7) is 2.26. The Kier molecular flexibility index (Phi) is 6.34. The van der Waals surface area contributed by atoms with Gasteiger partial charge in [-0.2, -0.15) is 0 Å². The van der Waals surface area contributed by atoms with Gasteiger partial charge < -0.3 is 4.74 Å². The normalized spacial score (nSPS) is 10.1. The van der Waals surface area contributed by atoms with Crippen molar-refractivity contribution in [1.29, 1.82) is 0 Å². The van der Waals surface area contributed by atoms with Gasteiger partial charge in [0.05, 0.1) is 13.0 Å². The van der Waals surface area contributed by atoms with Crippen LogP contribution in [0.15, 0.2) is 29.2 Å². The van der Waals surface area contributed by atoms with Crippen molar-refractivity contribution in [2.45, 2.75) is 24.1 Å². The lowest BCUT2D eigenvalue weighted by molar-refractivity contribution is -0.142. The van der Waals surface area contributed by atoms with E-state index in [1.807, 2.05) is 31.2 Å². The molecule has 2 nitrogen and oxygen atoms in total. The molecule has 0 aliphatic heterocycles. The van der Waals surface area contributed by atoms with E-state index in [4.69, 9.17) is 16.3 Å². The molecule has 1 aromatic rings. The third-order valence-corrected chi connectivity index (χ3v) is 3.39. The fourth-order valence-electron chi connectivity index (χ4n) is 1.23. The van der Waals surface area contributed by atoms with Crippen molar-refractivity contribution in [2.24, 2.45) is 0 Å². The molecule has 88 valence electrons. The van der Waals surface area contributed by atoms with Crippen LogP contribution in [-0.4, -0.2) is 18.3 Å². The first-order chi connectivity index (χ1) is 7.77. The molecule has 1 rings (SSSR count). The Morgan fingerprint density at radius 2 is 2.19 bits per heavy atom. The van der Waals surface area contributed by atoms with E-state index in [-0.39, 0.29) is 5.97 Å². The lowest BCUT2D eigenvalue weighted by Gasteiger charge is -2.06. The monoisotopic (exact) mass is 258 g/mol. The van der Waals surface area contributed by atoms with E-state index >= 15 is 0 Å². The lowest BCUT2D eigenvalue weighted by atomic mass is 10.2. The van der Waals surface area contributed by atoms with Gasteiger partial charge in [0.15, 0.2) is 0 Å². The topological polar surface area (TPSA) is 26.3 Å². The smallest absolute Gasteiger partial charge is 0.306 e. The van der Waals surface area contributed by atoms with E-state index in [1.54, 1.807) is 11.8 Å². The maximum Gasteiger partial charge on any atom is 0.306 e. The third-order valence-electron chi connectivity index (χ3n) is 1.99. The first-order valence-corrected chi connectivity index (χ1v) is 6.72. The number of hydrogen-bond acceptors (Lipinski definition) is 3. The molecule has 0 spiro atoms. The molecule has 0 aliphatic carbocycles. The Balaban J connectivity index is 2.39. The van der Waals surface area contributed by atoms with Crippen LogP contribution in [-0.2, 0) is 15.4 Å². The van der Waals surface area contributed by atoms with Crippen LogP contribution in [0.25, 0.3) is 0 Å². The van der Waals surface area contributed by atoms with Crippen LogP contribution in [0.2, 0.25) is 0 Å². The highest BCUT2D eigenvalue weighted by molar-refractivity contribution is 7.99. The van der Waals surface area contributed by atoms with Crippen molar-refractivity contribution in [2.75, 3.05) is 12.4 Å². The molecule has 0 N–H and O–H groups in total. The minimum atomic E-state index is -0.140. The molecule has 1 aromatic carbocycles. The third kappa shape index (κ3) is 4.45. The first kappa shape index (κ1) is 13.4. The number of thioether (sulfide) groups is 1. The van der Waals surface area contributed by atoms with Crippen LogP contribution in [0.5, 0.6) is 0 Å². The number of ether oxygens (including phenoxy) is 1. The molecule has 0 fully saturated rings. The molecule has 0 bridgehead atoms. The second-order valence-corrected chi connectivity index (χ2v) is 4.55. The van der Waals surface area contributed by atoms with Gasteiger partial charge in [0.25, 0.3) is 0 Å². The van der Waals surface area contributed by atoms with Crippen LogP contribution < -0.4 is 0 Å². The SMILES string of the molecule is CCOC(=O)CCSc1ccccc1CCl. The molecule has 0 saturated heterocycles. The lowest BCUT2D eigenvalue weighted by Crippen LogP contribution is -2.04. The molecule has 0 aliphatic rings. The van der Waals surface area contributed by atoms with Gasteiger partial charge in [0.2, 0.25) is 0 Å². The quantitative estimate of drug-likeness (QED) is 0.444. The zero-order chi connectivity index (χ0) is 11.8. The minimum Gasteiger partial charge on any atom is -0.466 e. The van der Waals surface area contributed by atoms with Crippen molar-refractivity contribution in [1.82, 2.24) is 0 Å². The number of benzene rings is 1. The Labute approximate surface area is 105 Å². The van der Waals surface area contributed by atoms with Crippen LogP contribution >= 0.6 is 23.4 Å². The number of halogens is 1. The Bertz CT molecular complexity index is 342. The zero-order valence-corrected chi connectivity index (χ0v) is 10.8. The van der Waals surface area contributed by atoms with E-state index in [1.165, 1.54) is 0 Å². The Hall–Kier alpha value is -0.670. The molecule has 0 unspecified atom stereocenters. The van der Waals surface area contributed by atoms with E-state index in [0.717, 1.165) is 16.2 Å². The number of carbonyl (C=O) groups is 1. The van der Waals surface area contributed by atoms with Crippen molar-refractivity contribution in [3.05, 3.63) is 29.8 Å². The summed E-state index contributed by atoms with van der Waals surface area (Å²) in [7, 11) is 0. The molecule has 0 heterocycles. The Morgan fingerprint density at radius 1 is 1.44 bits per heavy atom. The van der Waals surface area contributed by atoms with Crippen molar-refractivity contribution in [3.8, 4) is 0 Å². The molecular formula is C12H15ClO2S. The molecule has 0 radical (unpaired) electrons. The molecule has 0 atom stereocenters. The summed E-state index contributed by atoms with van der Waals surface area (Å²) in [6.07, 6.45) is 0.440. The molecule has 16 heavy (non-hydrogen) atoms. The van der Waals surface area contributed by atoms with Gasteiger partial charge in [-0.15, -0.1) is 23.4 Å². The molecular weight excluding hydrogens is 244 g/mol. The van der Waals surface area contributed by atoms with E-state index in [0.29, 0.717) is 18.9 Å². The highest BCUT2D eigenvalue weighted by Gasteiger charge is 2.04. The van der Waals surface area contributed by atoms with E-state index in [2.05, 4.69) is 0 Å². The number of alkyl halides is 1. The Morgan fingerprint density at radius 3 is 2.88 bits per heavy atom. The summed E-state index contributed by atoms with van der Waals surface area (Å²) < 4.78 is 4.86. The van der Waals surface area contributed by atoms with Crippen molar-refractivity contribution < 1.29 is 9.53 Å². The standard InChI is InChI=1S/C12H15ClO2S/c1-2-15-12(14)7-8-16-11-6-4-3-5-10(11)9-13/h3-6H,2,7-9H2,1H3. The van der Waals surface area contributed by atoms with E-state index < -0.39 is 0 Å². The molecule has 0 aromatic heterocycles. The molecule has 0 amide bonds. The summed E-state index contributed by atoms with van der Waals surface area (Å²) in [5.74, 6) is 1.09. The van der Waals surface area contributed by atoms with Crippen LogP contribution in [0.1, 0.15) is 18.9 Å². The fraction of sp³-hybridized carbons (Fsp3) is 0.417. The largest absolute Gasteiger partial charge is 0.466 e. The van der Waals surface area contributed by atoms with Crippen LogP contribution in [0, 0.1) is 0 Å². The summed E-state index contributed by atoms with van der Waals surface area (Å²) in [5.41, 5.74) is 1.11.